The lowest BCUT2D eigenvalue weighted by molar-refractivity contribution is -0.140. The number of fused-ring (bicyclic) bond motifs is 2. The van der Waals surface area contributed by atoms with Gasteiger partial charge in [-0.3, -0.25) is 9.82 Å². The van der Waals surface area contributed by atoms with Crippen LogP contribution in [0, 0.1) is 0 Å². The summed E-state index contributed by atoms with van der Waals surface area (Å²) >= 11 is 0. The number of aromatic nitrogens is 4. The smallest absolute Gasteiger partial charge is 0.316 e. The summed E-state index contributed by atoms with van der Waals surface area (Å²) in [6, 6.07) is 13.9. The number of rotatable bonds is 6. The van der Waals surface area contributed by atoms with Gasteiger partial charge in [-0.15, -0.1) is 5.10 Å². The molecule has 0 aliphatic carbocycles. The maximum atomic E-state index is 12.9. The molecule has 0 radical (unpaired) electrons. The van der Waals surface area contributed by atoms with Crippen LogP contribution in [0.15, 0.2) is 61.1 Å². The molecule has 148 valence electrons. The molecule has 2 atom stereocenters. The molecule has 2 amide bonds. The Bertz CT molecular complexity index is 977. The molecule has 0 unspecified atom stereocenters. The molecule has 2 bridgehead atoms. The van der Waals surface area contributed by atoms with Gasteiger partial charge in [0.2, 0.25) is 0 Å². The lowest BCUT2D eigenvalue weighted by Gasteiger charge is -2.30. The Hall–Kier alpha value is -3.26. The van der Waals surface area contributed by atoms with E-state index in [4.69, 9.17) is 4.84 Å². The van der Waals surface area contributed by atoms with Gasteiger partial charge >= 0.3 is 6.03 Å². The van der Waals surface area contributed by atoms with E-state index < -0.39 is 0 Å². The summed E-state index contributed by atoms with van der Waals surface area (Å²) in [7, 11) is 0. The van der Waals surface area contributed by atoms with Gasteiger partial charge in [-0.2, -0.15) is 5.06 Å². The summed E-state index contributed by atoms with van der Waals surface area (Å²) in [6.07, 6.45) is 7.26. The number of urea groups is 1. The molecular weight excluding hydrogens is 368 g/mol. The van der Waals surface area contributed by atoms with Gasteiger partial charge in [0.15, 0.2) is 0 Å². The van der Waals surface area contributed by atoms with Crippen LogP contribution in [0.4, 0.5) is 4.79 Å². The number of benzene rings is 1. The Morgan fingerprint density at radius 3 is 2.83 bits per heavy atom. The number of amides is 2. The van der Waals surface area contributed by atoms with Crippen LogP contribution in [0.2, 0.25) is 0 Å². The Labute approximate surface area is 168 Å². The van der Waals surface area contributed by atoms with Gasteiger partial charge in [-0.25, -0.2) is 9.48 Å². The second-order valence-electron chi connectivity index (χ2n) is 7.47. The molecule has 2 saturated heterocycles. The predicted octanol–water partition coefficient (Wildman–Crippen LogP) is 2.74. The van der Waals surface area contributed by atoms with Crippen LogP contribution in [-0.4, -0.2) is 54.6 Å². The van der Waals surface area contributed by atoms with E-state index in [1.807, 2.05) is 58.2 Å². The minimum absolute atomic E-state index is 0.0546. The van der Waals surface area contributed by atoms with Crippen molar-refractivity contribution < 1.29 is 9.63 Å². The zero-order valence-electron chi connectivity index (χ0n) is 16.0. The summed E-state index contributed by atoms with van der Waals surface area (Å²) in [4.78, 5) is 24.8. The first kappa shape index (κ1) is 17.8. The van der Waals surface area contributed by atoms with Crippen LogP contribution in [0.25, 0.3) is 11.3 Å². The quantitative estimate of drug-likeness (QED) is 0.647. The van der Waals surface area contributed by atoms with Crippen molar-refractivity contribution in [3.8, 4) is 11.3 Å². The summed E-state index contributed by atoms with van der Waals surface area (Å²) in [6.45, 7) is 1.72. The van der Waals surface area contributed by atoms with E-state index >= 15 is 0 Å². The lowest BCUT2D eigenvalue weighted by Crippen LogP contribution is -2.42. The monoisotopic (exact) mass is 390 g/mol. The van der Waals surface area contributed by atoms with E-state index in [-0.39, 0.29) is 18.1 Å². The molecular formula is C21H22N6O2. The van der Waals surface area contributed by atoms with Crippen LogP contribution < -0.4 is 0 Å². The normalized spacial score (nSPS) is 21.0. The van der Waals surface area contributed by atoms with Crippen LogP contribution in [0.5, 0.6) is 0 Å². The highest BCUT2D eigenvalue weighted by molar-refractivity contribution is 5.76. The molecule has 0 saturated carbocycles. The predicted molar refractivity (Wildman–Crippen MR) is 105 cm³/mol. The highest BCUT2D eigenvalue weighted by atomic mass is 16.7. The van der Waals surface area contributed by atoms with Gasteiger partial charge in [0.25, 0.3) is 0 Å². The Morgan fingerprint density at radius 1 is 1.10 bits per heavy atom. The SMILES string of the molecule is O=C1N2C[C@@H](CC[C@H]2Cn2cc(-c3cccnc3)nn2)N1OCc1ccccc1. The number of hydrogen-bond donors (Lipinski definition) is 0. The molecule has 2 aliphatic heterocycles. The first-order valence-corrected chi connectivity index (χ1v) is 9.85. The third-order valence-corrected chi connectivity index (χ3v) is 5.55. The van der Waals surface area contributed by atoms with Crippen molar-refractivity contribution in [1.29, 1.82) is 0 Å². The number of hydroxylamine groups is 2. The van der Waals surface area contributed by atoms with E-state index in [0.717, 1.165) is 29.7 Å². The number of pyridine rings is 1. The molecule has 5 rings (SSSR count). The van der Waals surface area contributed by atoms with Crippen molar-refractivity contribution in [3.63, 3.8) is 0 Å². The maximum Gasteiger partial charge on any atom is 0.344 e. The van der Waals surface area contributed by atoms with Crippen LogP contribution >= 0.6 is 0 Å². The Balaban J connectivity index is 1.24. The highest BCUT2D eigenvalue weighted by Gasteiger charge is 2.45. The van der Waals surface area contributed by atoms with Crippen molar-refractivity contribution in [3.05, 3.63) is 66.6 Å². The van der Waals surface area contributed by atoms with Crippen molar-refractivity contribution >= 4 is 6.03 Å². The number of carbonyl (C=O) groups is 1. The lowest BCUT2D eigenvalue weighted by atomic mass is 10.0. The van der Waals surface area contributed by atoms with E-state index in [1.165, 1.54) is 0 Å². The van der Waals surface area contributed by atoms with E-state index in [2.05, 4.69) is 15.3 Å². The Morgan fingerprint density at radius 2 is 2.00 bits per heavy atom. The largest absolute Gasteiger partial charge is 0.344 e. The van der Waals surface area contributed by atoms with Gasteiger partial charge in [0.1, 0.15) is 12.3 Å². The van der Waals surface area contributed by atoms with Gasteiger partial charge in [-0.1, -0.05) is 35.5 Å². The zero-order chi connectivity index (χ0) is 19.6. The van der Waals surface area contributed by atoms with Gasteiger partial charge in [0.05, 0.1) is 24.8 Å². The van der Waals surface area contributed by atoms with Gasteiger partial charge in [-0.05, 0) is 30.5 Å². The van der Waals surface area contributed by atoms with Crippen molar-refractivity contribution in [2.45, 2.75) is 38.1 Å². The fraction of sp³-hybridized carbons (Fsp3) is 0.333. The van der Waals surface area contributed by atoms with E-state index in [1.54, 1.807) is 17.5 Å². The molecule has 2 aliphatic rings. The molecule has 2 fully saturated rings. The molecule has 8 nitrogen and oxygen atoms in total. The average Bonchev–Trinajstić information content (AvgIpc) is 3.33. The second-order valence-corrected chi connectivity index (χ2v) is 7.47. The maximum absolute atomic E-state index is 12.9. The van der Waals surface area contributed by atoms with E-state index in [0.29, 0.717) is 19.7 Å². The van der Waals surface area contributed by atoms with Crippen LogP contribution in [0.1, 0.15) is 18.4 Å². The minimum Gasteiger partial charge on any atom is -0.316 e. The molecule has 0 spiro atoms. The third-order valence-electron chi connectivity index (χ3n) is 5.55. The van der Waals surface area contributed by atoms with Gasteiger partial charge < -0.3 is 4.90 Å². The molecule has 0 N–H and O–H groups in total. The van der Waals surface area contributed by atoms with Gasteiger partial charge in [0, 0.05) is 24.5 Å². The first-order valence-electron chi connectivity index (χ1n) is 9.85. The molecule has 4 heterocycles. The first-order chi connectivity index (χ1) is 14.3. The van der Waals surface area contributed by atoms with Crippen LogP contribution in [0.3, 0.4) is 0 Å². The number of nitrogens with zero attached hydrogens (tertiary/aromatic N) is 6. The minimum atomic E-state index is -0.0546. The van der Waals surface area contributed by atoms with E-state index in [9.17, 15) is 4.79 Å². The summed E-state index contributed by atoms with van der Waals surface area (Å²) in [5, 5.41) is 10.1. The molecule has 8 heteroatoms. The fourth-order valence-electron chi connectivity index (χ4n) is 4.04. The van der Waals surface area contributed by atoms with Crippen molar-refractivity contribution in [2.75, 3.05) is 6.54 Å². The topological polar surface area (TPSA) is 76.4 Å². The third kappa shape index (κ3) is 3.58. The van der Waals surface area contributed by atoms with Crippen molar-refractivity contribution in [1.82, 2.24) is 29.9 Å². The van der Waals surface area contributed by atoms with Crippen molar-refractivity contribution in [2.24, 2.45) is 0 Å². The fourth-order valence-corrected chi connectivity index (χ4v) is 4.04. The standard InChI is InChI=1S/C21H22N6O2/c28-21-26-13-19(27(21)29-15-16-5-2-1-3-6-16)9-8-18(26)12-25-14-20(23-24-25)17-7-4-10-22-11-17/h1-7,10-11,14,18-19H,8-9,12-13,15H2/t18-,19+/m0/s1. The number of hydrogen-bond acceptors (Lipinski definition) is 5. The number of piperidine rings is 1. The summed E-state index contributed by atoms with van der Waals surface area (Å²) < 4.78 is 1.81. The number of carbonyl (C=O) groups excluding carboxylic acids is 1. The molecule has 29 heavy (non-hydrogen) atoms. The molecule has 1 aromatic carbocycles. The Kier molecular flexibility index (Phi) is 4.69. The zero-order valence-corrected chi connectivity index (χ0v) is 16.0. The molecule has 2 aromatic heterocycles. The molecule has 3 aromatic rings. The average molecular weight is 390 g/mol. The summed E-state index contributed by atoms with van der Waals surface area (Å²) in [5.74, 6) is 0. The highest BCUT2D eigenvalue weighted by Crippen LogP contribution is 2.31. The second kappa shape index (κ2) is 7.63. The van der Waals surface area contributed by atoms with Crippen LogP contribution in [-0.2, 0) is 18.0 Å². The summed E-state index contributed by atoms with van der Waals surface area (Å²) in [5.41, 5.74) is 2.77.